The van der Waals surface area contributed by atoms with Crippen LogP contribution in [0.5, 0.6) is 0 Å². The molecule has 2 N–H and O–H groups in total. The Bertz CT molecular complexity index is 1080. The summed E-state index contributed by atoms with van der Waals surface area (Å²) >= 11 is 0. The molecule has 0 saturated heterocycles. The van der Waals surface area contributed by atoms with E-state index < -0.39 is 0 Å². The Kier molecular flexibility index (Phi) is 5.38. The maximum Gasteiger partial charge on any atom is 0.0659 e. The summed E-state index contributed by atoms with van der Waals surface area (Å²) in [5.74, 6) is 0. The largest absolute Gasteiger partial charge is 0.355 e. The van der Waals surface area contributed by atoms with Crippen LogP contribution >= 0.6 is 0 Å². The van der Waals surface area contributed by atoms with Gasteiger partial charge in [-0.25, -0.2) is 9.97 Å². The van der Waals surface area contributed by atoms with Crippen molar-refractivity contribution in [1.29, 1.82) is 0 Å². The molecule has 8 bridgehead atoms. The Morgan fingerprint density at radius 1 is 0.500 bits per heavy atom. The van der Waals surface area contributed by atoms with Crippen LogP contribution < -0.4 is 0 Å². The van der Waals surface area contributed by atoms with E-state index in [0.29, 0.717) is 0 Å². The Morgan fingerprint density at radius 2 is 0.846 bits per heavy atom. The molecule has 26 heavy (non-hydrogen) atoms. The second-order valence-electron chi connectivity index (χ2n) is 5.91. The first kappa shape index (κ1) is 18.5. The maximum atomic E-state index is 4.62. The molecule has 3 aromatic heterocycles. The van der Waals surface area contributed by atoms with Crippen molar-refractivity contribution < 1.29 is 36.5 Å². The van der Waals surface area contributed by atoms with Crippen LogP contribution in [0.2, 0.25) is 0 Å². The molecule has 0 aromatic carbocycles. The zero-order chi connectivity index (χ0) is 15.9. The average molecular weight is 432 g/mol. The van der Waals surface area contributed by atoms with Gasteiger partial charge in [-0.1, -0.05) is 0 Å². The minimum Gasteiger partial charge on any atom is -0.355 e. The van der Waals surface area contributed by atoms with E-state index in [2.05, 4.69) is 50.3 Å². The van der Waals surface area contributed by atoms with E-state index in [1.54, 1.807) is 0 Å². The van der Waals surface area contributed by atoms with Crippen molar-refractivity contribution in [3.05, 3.63) is 71.3 Å². The number of rotatable bonds is 0. The van der Waals surface area contributed by atoms with Gasteiger partial charge in [0.1, 0.15) is 0 Å². The predicted molar refractivity (Wildman–Crippen MR) is 98.9 cm³/mol. The normalized spacial score (nSPS) is 11.7. The van der Waals surface area contributed by atoms with Crippen LogP contribution in [0, 0.1) is 0 Å². The molecular weight excluding hydrogens is 417 g/mol. The molecular formula is C20H14FeN4Zn. The van der Waals surface area contributed by atoms with Crippen LogP contribution in [0.3, 0.4) is 0 Å². The maximum absolute atomic E-state index is 4.62. The van der Waals surface area contributed by atoms with E-state index in [1.807, 2.05) is 42.5 Å². The standard InChI is InChI=1S/C20H14N4.Fe.Zn/c1-2-14-10-16-5-6-18(23-16)12-20-8-7-19(24-20)11-17-4-3-15(22-17)9-13(1)21-14;;/h1-12,21-22H;;. The molecule has 5 rings (SSSR count). The molecule has 0 radical (unpaired) electrons. The van der Waals surface area contributed by atoms with Crippen LogP contribution in [-0.2, 0) is 36.5 Å². The van der Waals surface area contributed by atoms with Gasteiger partial charge in [-0.2, -0.15) is 0 Å². The molecule has 2 aliphatic rings. The third kappa shape index (κ3) is 3.78. The molecule has 3 aromatic rings. The number of nitrogens with zero attached hydrogens (tertiary/aromatic N) is 2. The van der Waals surface area contributed by atoms with Crippen LogP contribution in [0.1, 0.15) is 22.8 Å². The third-order valence-electron chi connectivity index (χ3n) is 4.04. The first-order valence-corrected chi connectivity index (χ1v) is 7.85. The van der Waals surface area contributed by atoms with E-state index in [0.717, 1.165) is 44.8 Å². The summed E-state index contributed by atoms with van der Waals surface area (Å²) in [6, 6.07) is 16.4. The summed E-state index contributed by atoms with van der Waals surface area (Å²) in [6.07, 6.45) is 8.05. The fourth-order valence-electron chi connectivity index (χ4n) is 2.94. The molecule has 0 fully saturated rings. The van der Waals surface area contributed by atoms with Crippen molar-refractivity contribution in [3.63, 3.8) is 0 Å². The van der Waals surface area contributed by atoms with Gasteiger partial charge in [-0.15, -0.1) is 0 Å². The van der Waals surface area contributed by atoms with Crippen molar-refractivity contribution in [2.45, 2.75) is 0 Å². The summed E-state index contributed by atoms with van der Waals surface area (Å²) in [5, 5.41) is 0. The Labute approximate surface area is 173 Å². The van der Waals surface area contributed by atoms with Gasteiger partial charge in [-0.3, -0.25) is 0 Å². The number of aromatic nitrogens is 4. The average Bonchev–Trinajstić information content (AvgIpc) is 3.32. The molecule has 124 valence electrons. The summed E-state index contributed by atoms with van der Waals surface area (Å²) in [5.41, 5.74) is 7.86. The van der Waals surface area contributed by atoms with Gasteiger partial charge >= 0.3 is 0 Å². The summed E-state index contributed by atoms with van der Waals surface area (Å²) in [7, 11) is 0. The second-order valence-corrected chi connectivity index (χ2v) is 5.91. The van der Waals surface area contributed by atoms with E-state index >= 15 is 0 Å². The van der Waals surface area contributed by atoms with E-state index in [-0.39, 0.29) is 36.5 Å². The zero-order valence-corrected chi connectivity index (χ0v) is 18.0. The number of fused-ring (bicyclic) bond motifs is 8. The fraction of sp³-hybridized carbons (Fsp3) is 0. The van der Waals surface area contributed by atoms with Crippen molar-refractivity contribution in [2.24, 2.45) is 0 Å². The molecule has 2 aliphatic heterocycles. The molecule has 5 heterocycles. The molecule has 4 nitrogen and oxygen atoms in total. The first-order chi connectivity index (χ1) is 11.8. The van der Waals surface area contributed by atoms with Gasteiger partial charge < -0.3 is 9.97 Å². The zero-order valence-electron chi connectivity index (χ0n) is 13.9. The summed E-state index contributed by atoms with van der Waals surface area (Å²) < 4.78 is 0. The van der Waals surface area contributed by atoms with Gasteiger partial charge in [0.05, 0.1) is 22.8 Å². The molecule has 0 aliphatic carbocycles. The number of nitrogens with one attached hydrogen (secondary N) is 2. The van der Waals surface area contributed by atoms with E-state index in [4.69, 9.17) is 0 Å². The fourth-order valence-corrected chi connectivity index (χ4v) is 2.94. The number of H-pyrrole nitrogens is 2. The number of hydrogen-bond donors (Lipinski definition) is 2. The topological polar surface area (TPSA) is 57.4 Å². The van der Waals surface area contributed by atoms with Gasteiger partial charge in [0, 0.05) is 58.6 Å². The Balaban J connectivity index is 0.000000980. The number of aromatic amines is 2. The quantitative estimate of drug-likeness (QED) is 0.351. The monoisotopic (exact) mass is 430 g/mol. The molecule has 0 amide bonds. The molecule has 6 heteroatoms. The molecule has 0 spiro atoms. The molecule has 0 saturated carbocycles. The van der Waals surface area contributed by atoms with E-state index in [9.17, 15) is 0 Å². The first-order valence-electron chi connectivity index (χ1n) is 7.85. The van der Waals surface area contributed by atoms with Crippen molar-refractivity contribution in [3.8, 4) is 0 Å². The van der Waals surface area contributed by atoms with Gasteiger partial charge in [0.25, 0.3) is 0 Å². The van der Waals surface area contributed by atoms with Crippen LogP contribution in [-0.4, -0.2) is 19.9 Å². The van der Waals surface area contributed by atoms with E-state index in [1.165, 1.54) is 0 Å². The second kappa shape index (κ2) is 7.55. The Hall–Kier alpha value is -2.26. The molecule has 0 unspecified atom stereocenters. The minimum absolute atomic E-state index is 0. The SMILES string of the molecule is C1=Cc2cc3ccc(cc4ccc(cc5nc(cc1n2)C=C5)[nH]4)[nH]3.[Fe].[Zn]. The van der Waals surface area contributed by atoms with Crippen molar-refractivity contribution >= 4 is 46.4 Å². The van der Waals surface area contributed by atoms with Gasteiger partial charge in [0.15, 0.2) is 0 Å². The molecule has 0 atom stereocenters. The third-order valence-corrected chi connectivity index (χ3v) is 4.04. The smallest absolute Gasteiger partial charge is 0.0659 e. The summed E-state index contributed by atoms with van der Waals surface area (Å²) in [4.78, 5) is 16.0. The van der Waals surface area contributed by atoms with Gasteiger partial charge in [-0.05, 0) is 72.8 Å². The minimum atomic E-state index is 0. The van der Waals surface area contributed by atoms with Gasteiger partial charge in [0.2, 0.25) is 0 Å². The predicted octanol–water partition coefficient (Wildman–Crippen LogP) is 4.65. The summed E-state index contributed by atoms with van der Waals surface area (Å²) in [6.45, 7) is 0. The van der Waals surface area contributed by atoms with Crippen LogP contribution in [0.4, 0.5) is 0 Å². The van der Waals surface area contributed by atoms with Crippen molar-refractivity contribution in [2.75, 3.05) is 0 Å². The Morgan fingerprint density at radius 3 is 1.27 bits per heavy atom. The number of hydrogen-bond acceptors (Lipinski definition) is 2. The van der Waals surface area contributed by atoms with Crippen LogP contribution in [0.25, 0.3) is 46.4 Å². The van der Waals surface area contributed by atoms with Crippen molar-refractivity contribution in [1.82, 2.24) is 19.9 Å². The van der Waals surface area contributed by atoms with Crippen LogP contribution in [0.15, 0.2) is 48.5 Å².